The van der Waals surface area contributed by atoms with Crippen LogP contribution >= 0.6 is 11.6 Å². The molecule has 0 spiro atoms. The van der Waals surface area contributed by atoms with Crippen LogP contribution in [0.3, 0.4) is 0 Å². The minimum Gasteiger partial charge on any atom is -0.490 e. The molecule has 6 heteroatoms. The maximum Gasteiger partial charge on any atom is 0.252 e. The Morgan fingerprint density at radius 2 is 1.76 bits per heavy atom. The van der Waals surface area contributed by atoms with Crippen LogP contribution in [0.4, 0.5) is 4.39 Å². The highest BCUT2D eigenvalue weighted by Gasteiger charge is 2.10. The predicted octanol–water partition coefficient (Wildman–Crippen LogP) is 3.04. The summed E-state index contributed by atoms with van der Waals surface area (Å²) < 4.78 is 23.5. The molecule has 0 atom stereocenters. The fourth-order valence-corrected chi connectivity index (χ4v) is 1.83. The first kappa shape index (κ1) is 15.1. The molecule has 2 aromatic rings. The zero-order chi connectivity index (χ0) is 15.2. The lowest BCUT2D eigenvalue weighted by molar-refractivity contribution is 0.0995. The van der Waals surface area contributed by atoms with Crippen LogP contribution in [0, 0.1) is 5.82 Å². The molecule has 2 aromatic carbocycles. The molecule has 0 saturated carbocycles. The van der Waals surface area contributed by atoms with Crippen molar-refractivity contribution < 1.29 is 18.7 Å². The largest absolute Gasteiger partial charge is 0.490 e. The minimum absolute atomic E-state index is 0.208. The molecule has 21 heavy (non-hydrogen) atoms. The second-order valence-electron chi connectivity index (χ2n) is 4.16. The molecule has 0 fully saturated rings. The van der Waals surface area contributed by atoms with Crippen molar-refractivity contribution in [2.45, 2.75) is 0 Å². The Morgan fingerprint density at radius 1 is 1.10 bits per heavy atom. The molecule has 2 rings (SSSR count). The van der Waals surface area contributed by atoms with Crippen LogP contribution in [0.25, 0.3) is 0 Å². The summed E-state index contributed by atoms with van der Waals surface area (Å²) in [5.74, 6) is -0.0707. The van der Waals surface area contributed by atoms with Crippen molar-refractivity contribution in [1.82, 2.24) is 0 Å². The van der Waals surface area contributed by atoms with Gasteiger partial charge in [-0.3, -0.25) is 4.79 Å². The number of primary amides is 1. The Labute approximate surface area is 126 Å². The van der Waals surface area contributed by atoms with Crippen molar-refractivity contribution in [2.75, 3.05) is 13.2 Å². The number of ether oxygens (including phenoxy) is 2. The van der Waals surface area contributed by atoms with Gasteiger partial charge in [-0.05, 0) is 42.5 Å². The molecule has 4 nitrogen and oxygen atoms in total. The normalized spacial score (nSPS) is 10.2. The molecule has 0 aliphatic heterocycles. The molecule has 0 unspecified atom stereocenters. The van der Waals surface area contributed by atoms with Crippen LogP contribution in [0.1, 0.15) is 10.4 Å². The van der Waals surface area contributed by atoms with Gasteiger partial charge in [-0.1, -0.05) is 11.6 Å². The molecule has 0 aromatic heterocycles. The minimum atomic E-state index is -0.619. The average molecular weight is 310 g/mol. The monoisotopic (exact) mass is 309 g/mol. The van der Waals surface area contributed by atoms with Crippen LogP contribution in [-0.2, 0) is 0 Å². The van der Waals surface area contributed by atoms with Crippen LogP contribution in [0.2, 0.25) is 5.02 Å². The number of rotatable bonds is 6. The first-order valence-corrected chi connectivity index (χ1v) is 6.54. The number of halogens is 2. The summed E-state index contributed by atoms with van der Waals surface area (Å²) in [6.07, 6.45) is 0. The summed E-state index contributed by atoms with van der Waals surface area (Å²) in [5, 5.41) is 0.402. The molecular weight excluding hydrogens is 297 g/mol. The summed E-state index contributed by atoms with van der Waals surface area (Å²) in [4.78, 5) is 11.3. The molecule has 110 valence electrons. The molecular formula is C15H13ClFNO3. The van der Waals surface area contributed by atoms with Crippen molar-refractivity contribution in [1.29, 1.82) is 0 Å². The zero-order valence-corrected chi connectivity index (χ0v) is 11.8. The fraction of sp³-hybridized carbons (Fsp3) is 0.133. The summed E-state index contributed by atoms with van der Waals surface area (Å²) >= 11 is 5.80. The van der Waals surface area contributed by atoms with Gasteiger partial charge < -0.3 is 15.2 Å². The smallest absolute Gasteiger partial charge is 0.252 e. The number of carbonyl (C=O) groups excluding carboxylic acids is 1. The van der Waals surface area contributed by atoms with E-state index in [1.807, 2.05) is 0 Å². The molecule has 0 bridgehead atoms. The standard InChI is InChI=1S/C15H13ClFNO3/c16-10-1-6-14(13(9-10)15(18)19)21-8-7-20-12-4-2-11(17)3-5-12/h1-6,9H,7-8H2,(H2,18,19). The molecule has 1 amide bonds. The fourth-order valence-electron chi connectivity index (χ4n) is 1.66. The van der Waals surface area contributed by atoms with Gasteiger partial charge in [-0.15, -0.1) is 0 Å². The second kappa shape index (κ2) is 6.95. The van der Waals surface area contributed by atoms with Gasteiger partial charge in [-0.2, -0.15) is 0 Å². The van der Waals surface area contributed by atoms with E-state index < -0.39 is 5.91 Å². The highest BCUT2D eigenvalue weighted by Crippen LogP contribution is 2.22. The zero-order valence-electron chi connectivity index (χ0n) is 11.0. The van der Waals surface area contributed by atoms with E-state index >= 15 is 0 Å². The summed E-state index contributed by atoms with van der Waals surface area (Å²) in [6, 6.07) is 10.3. The number of carbonyl (C=O) groups is 1. The molecule has 0 radical (unpaired) electrons. The molecule has 0 saturated heterocycles. The van der Waals surface area contributed by atoms with Crippen molar-refractivity contribution in [3.63, 3.8) is 0 Å². The Kier molecular flexibility index (Phi) is 5.00. The Morgan fingerprint density at radius 3 is 2.43 bits per heavy atom. The van der Waals surface area contributed by atoms with Crippen molar-refractivity contribution >= 4 is 17.5 Å². The number of nitrogens with two attached hydrogens (primary N) is 1. The first-order chi connectivity index (χ1) is 10.1. The number of benzene rings is 2. The number of hydrogen-bond donors (Lipinski definition) is 1. The van der Waals surface area contributed by atoms with Gasteiger partial charge in [0.25, 0.3) is 5.91 Å². The van der Waals surface area contributed by atoms with Gasteiger partial charge in [-0.25, -0.2) is 4.39 Å². The summed E-state index contributed by atoms with van der Waals surface area (Å²) in [5.41, 5.74) is 5.46. The van der Waals surface area contributed by atoms with Crippen molar-refractivity contribution in [3.05, 3.63) is 58.9 Å². The lowest BCUT2D eigenvalue weighted by Crippen LogP contribution is -2.15. The third kappa shape index (κ3) is 4.36. The lowest BCUT2D eigenvalue weighted by Gasteiger charge is -2.11. The lowest BCUT2D eigenvalue weighted by atomic mass is 10.2. The SMILES string of the molecule is NC(=O)c1cc(Cl)ccc1OCCOc1ccc(F)cc1. The molecule has 0 aliphatic carbocycles. The van der Waals surface area contributed by atoms with E-state index in [4.69, 9.17) is 26.8 Å². The van der Waals surface area contributed by atoms with Gasteiger partial charge in [0.15, 0.2) is 0 Å². The van der Waals surface area contributed by atoms with Crippen molar-refractivity contribution in [2.24, 2.45) is 5.73 Å². The van der Waals surface area contributed by atoms with E-state index in [2.05, 4.69) is 0 Å². The van der Waals surface area contributed by atoms with Gasteiger partial charge in [0.2, 0.25) is 0 Å². The number of hydrogen-bond acceptors (Lipinski definition) is 3. The van der Waals surface area contributed by atoms with E-state index in [0.29, 0.717) is 16.5 Å². The van der Waals surface area contributed by atoms with Gasteiger partial charge >= 0.3 is 0 Å². The number of amides is 1. The topological polar surface area (TPSA) is 61.6 Å². The van der Waals surface area contributed by atoms with Crippen LogP contribution in [-0.4, -0.2) is 19.1 Å². The van der Waals surface area contributed by atoms with Crippen molar-refractivity contribution in [3.8, 4) is 11.5 Å². The van der Waals surface area contributed by atoms with Crippen LogP contribution in [0.5, 0.6) is 11.5 Å². The summed E-state index contributed by atoms with van der Waals surface area (Å²) in [6.45, 7) is 0.450. The highest BCUT2D eigenvalue weighted by molar-refractivity contribution is 6.31. The third-order valence-corrected chi connectivity index (χ3v) is 2.87. The Balaban J connectivity index is 1.89. The average Bonchev–Trinajstić information content (AvgIpc) is 2.46. The summed E-state index contributed by atoms with van der Waals surface area (Å²) in [7, 11) is 0. The second-order valence-corrected chi connectivity index (χ2v) is 4.59. The van der Waals surface area contributed by atoms with Crippen LogP contribution < -0.4 is 15.2 Å². The Bertz CT molecular complexity index is 631. The van der Waals surface area contributed by atoms with E-state index in [1.54, 1.807) is 12.1 Å². The van der Waals surface area contributed by atoms with E-state index in [1.165, 1.54) is 30.3 Å². The van der Waals surface area contributed by atoms with Crippen LogP contribution in [0.15, 0.2) is 42.5 Å². The maximum atomic E-state index is 12.7. The predicted molar refractivity (Wildman–Crippen MR) is 77.4 cm³/mol. The molecule has 2 N–H and O–H groups in total. The molecule has 0 aliphatic rings. The Hall–Kier alpha value is -2.27. The highest BCUT2D eigenvalue weighted by atomic mass is 35.5. The molecule has 0 heterocycles. The quantitative estimate of drug-likeness (QED) is 0.834. The maximum absolute atomic E-state index is 12.7. The van der Waals surface area contributed by atoms with Gasteiger partial charge in [0.05, 0.1) is 5.56 Å². The van der Waals surface area contributed by atoms with E-state index in [9.17, 15) is 9.18 Å². The third-order valence-electron chi connectivity index (χ3n) is 2.63. The van der Waals surface area contributed by atoms with E-state index in [-0.39, 0.29) is 24.6 Å². The van der Waals surface area contributed by atoms with E-state index in [0.717, 1.165) is 0 Å². The first-order valence-electron chi connectivity index (χ1n) is 6.17. The van der Waals surface area contributed by atoms with Gasteiger partial charge in [0.1, 0.15) is 30.5 Å². The van der Waals surface area contributed by atoms with Gasteiger partial charge in [0, 0.05) is 5.02 Å².